The van der Waals surface area contributed by atoms with Crippen molar-refractivity contribution in [3.63, 3.8) is 0 Å². The van der Waals surface area contributed by atoms with Crippen molar-refractivity contribution in [1.82, 2.24) is 14.5 Å². The van der Waals surface area contributed by atoms with E-state index in [0.29, 0.717) is 11.3 Å². The predicted molar refractivity (Wildman–Crippen MR) is 99.6 cm³/mol. The topological polar surface area (TPSA) is 64.0 Å². The number of halogens is 3. The summed E-state index contributed by atoms with van der Waals surface area (Å²) in [5.74, 6) is 0. The fourth-order valence-electron chi connectivity index (χ4n) is 2.69. The molecule has 0 aliphatic heterocycles. The molecule has 0 bridgehead atoms. The quantitative estimate of drug-likeness (QED) is 0.688. The standard InChI is InChI=1S/C19H18F3N3O2S/c1-3-23-28(26,27)16-10-8-15(9-11-16)25-17(12-18(24-25)19(20,21)22)14-6-4-13(2)5-7-14/h4-12,23H,3H2,1-2H3. The highest BCUT2D eigenvalue weighted by atomic mass is 32.2. The number of sulfonamides is 1. The van der Waals surface area contributed by atoms with E-state index in [-0.39, 0.29) is 17.1 Å². The molecule has 3 rings (SSSR count). The first-order valence-electron chi connectivity index (χ1n) is 8.46. The lowest BCUT2D eigenvalue weighted by molar-refractivity contribution is -0.141. The molecule has 1 N–H and O–H groups in total. The van der Waals surface area contributed by atoms with Crippen LogP contribution < -0.4 is 4.72 Å². The Hall–Kier alpha value is -2.65. The maximum atomic E-state index is 13.2. The number of hydrogen-bond acceptors (Lipinski definition) is 3. The van der Waals surface area contributed by atoms with Gasteiger partial charge in [-0.3, -0.25) is 0 Å². The summed E-state index contributed by atoms with van der Waals surface area (Å²) in [5.41, 5.74) is 1.10. The van der Waals surface area contributed by atoms with Gasteiger partial charge in [-0.2, -0.15) is 18.3 Å². The summed E-state index contributed by atoms with van der Waals surface area (Å²) in [7, 11) is -3.65. The van der Waals surface area contributed by atoms with Gasteiger partial charge >= 0.3 is 6.18 Å². The molecule has 0 amide bonds. The highest BCUT2D eigenvalue weighted by molar-refractivity contribution is 7.89. The number of benzene rings is 2. The SMILES string of the molecule is CCNS(=O)(=O)c1ccc(-n2nc(C(F)(F)F)cc2-c2ccc(C)cc2)cc1. The van der Waals surface area contributed by atoms with Gasteiger partial charge in [0.15, 0.2) is 5.69 Å². The van der Waals surface area contributed by atoms with Crippen LogP contribution in [0.5, 0.6) is 0 Å². The van der Waals surface area contributed by atoms with E-state index in [1.165, 1.54) is 24.3 Å². The molecular formula is C19H18F3N3O2S. The summed E-state index contributed by atoms with van der Waals surface area (Å²) < 4.78 is 67.3. The molecule has 0 aliphatic carbocycles. The van der Waals surface area contributed by atoms with Gasteiger partial charge in [0.1, 0.15) is 0 Å². The first kappa shape index (κ1) is 20.1. The minimum absolute atomic E-state index is 0.0261. The molecule has 0 aliphatic rings. The Morgan fingerprint density at radius 2 is 1.64 bits per heavy atom. The van der Waals surface area contributed by atoms with Crippen molar-refractivity contribution in [3.05, 3.63) is 65.9 Å². The van der Waals surface area contributed by atoms with Crippen molar-refractivity contribution in [2.45, 2.75) is 24.9 Å². The monoisotopic (exact) mass is 409 g/mol. The molecular weight excluding hydrogens is 391 g/mol. The van der Waals surface area contributed by atoms with Crippen molar-refractivity contribution >= 4 is 10.0 Å². The van der Waals surface area contributed by atoms with E-state index in [2.05, 4.69) is 9.82 Å². The van der Waals surface area contributed by atoms with Gasteiger partial charge in [-0.1, -0.05) is 36.8 Å². The number of nitrogens with one attached hydrogen (secondary N) is 1. The maximum Gasteiger partial charge on any atom is 0.435 e. The van der Waals surface area contributed by atoms with Crippen LogP contribution in [0, 0.1) is 6.92 Å². The first-order valence-corrected chi connectivity index (χ1v) is 9.94. The second-order valence-electron chi connectivity index (χ2n) is 6.19. The summed E-state index contributed by atoms with van der Waals surface area (Å²) in [6.07, 6.45) is -4.60. The van der Waals surface area contributed by atoms with Crippen LogP contribution in [0.2, 0.25) is 0 Å². The Morgan fingerprint density at radius 1 is 1.04 bits per heavy atom. The number of nitrogens with zero attached hydrogens (tertiary/aromatic N) is 2. The van der Waals surface area contributed by atoms with Gasteiger partial charge in [-0.05, 0) is 37.3 Å². The van der Waals surface area contributed by atoms with Crippen LogP contribution in [-0.2, 0) is 16.2 Å². The number of alkyl halides is 3. The fourth-order valence-corrected chi connectivity index (χ4v) is 3.73. The summed E-state index contributed by atoms with van der Waals surface area (Å²) in [6.45, 7) is 3.77. The van der Waals surface area contributed by atoms with Gasteiger partial charge < -0.3 is 0 Å². The molecule has 0 spiro atoms. The molecule has 2 aromatic carbocycles. The van der Waals surface area contributed by atoms with Gasteiger partial charge in [0.25, 0.3) is 0 Å². The number of aromatic nitrogens is 2. The zero-order valence-electron chi connectivity index (χ0n) is 15.2. The Bertz CT molecular complexity index is 1070. The van der Waals surface area contributed by atoms with Crippen molar-refractivity contribution < 1.29 is 21.6 Å². The molecule has 1 heterocycles. The molecule has 0 unspecified atom stereocenters. The second-order valence-corrected chi connectivity index (χ2v) is 7.95. The van der Waals surface area contributed by atoms with Crippen molar-refractivity contribution in [2.24, 2.45) is 0 Å². The normalized spacial score (nSPS) is 12.3. The van der Waals surface area contributed by atoms with Gasteiger partial charge in [-0.25, -0.2) is 17.8 Å². The van der Waals surface area contributed by atoms with Gasteiger partial charge in [0.2, 0.25) is 10.0 Å². The largest absolute Gasteiger partial charge is 0.435 e. The summed E-state index contributed by atoms with van der Waals surface area (Å²) in [4.78, 5) is 0.0261. The lowest BCUT2D eigenvalue weighted by atomic mass is 10.1. The van der Waals surface area contributed by atoms with Gasteiger partial charge in [0.05, 0.1) is 16.3 Å². The van der Waals surface area contributed by atoms with E-state index in [0.717, 1.165) is 16.3 Å². The Balaban J connectivity index is 2.10. The van der Waals surface area contributed by atoms with E-state index in [1.807, 2.05) is 6.92 Å². The average Bonchev–Trinajstić information content (AvgIpc) is 3.08. The van der Waals surface area contributed by atoms with Gasteiger partial charge in [0, 0.05) is 12.1 Å². The molecule has 1 aromatic heterocycles. The summed E-state index contributed by atoms with van der Waals surface area (Å²) in [6, 6.07) is 13.5. The van der Waals surface area contributed by atoms with E-state index < -0.39 is 21.9 Å². The Kier molecular flexibility index (Phi) is 5.31. The molecule has 148 valence electrons. The zero-order chi connectivity index (χ0) is 20.5. The van der Waals surface area contributed by atoms with Crippen LogP contribution in [0.1, 0.15) is 18.2 Å². The summed E-state index contributed by atoms with van der Waals surface area (Å²) in [5, 5.41) is 3.71. The van der Waals surface area contributed by atoms with E-state index in [4.69, 9.17) is 0 Å². The van der Waals surface area contributed by atoms with E-state index in [1.54, 1.807) is 31.2 Å². The lowest BCUT2D eigenvalue weighted by Gasteiger charge is -2.10. The molecule has 0 atom stereocenters. The number of rotatable bonds is 5. The molecule has 5 nitrogen and oxygen atoms in total. The van der Waals surface area contributed by atoms with Crippen LogP contribution in [0.4, 0.5) is 13.2 Å². The third kappa shape index (κ3) is 4.10. The smallest absolute Gasteiger partial charge is 0.233 e. The fraction of sp³-hybridized carbons (Fsp3) is 0.211. The first-order chi connectivity index (χ1) is 13.1. The van der Waals surface area contributed by atoms with Crippen LogP contribution in [0.25, 0.3) is 16.9 Å². The molecule has 9 heteroatoms. The average molecular weight is 409 g/mol. The van der Waals surface area contributed by atoms with Crippen molar-refractivity contribution in [2.75, 3.05) is 6.54 Å². The minimum Gasteiger partial charge on any atom is -0.233 e. The third-order valence-electron chi connectivity index (χ3n) is 4.07. The molecule has 0 radical (unpaired) electrons. The highest BCUT2D eigenvalue weighted by Crippen LogP contribution is 2.33. The Morgan fingerprint density at radius 3 is 2.18 bits per heavy atom. The zero-order valence-corrected chi connectivity index (χ0v) is 16.0. The lowest BCUT2D eigenvalue weighted by Crippen LogP contribution is -2.23. The van der Waals surface area contributed by atoms with Crippen LogP contribution in [0.15, 0.2) is 59.5 Å². The second kappa shape index (κ2) is 7.40. The molecule has 3 aromatic rings. The van der Waals surface area contributed by atoms with Crippen LogP contribution >= 0.6 is 0 Å². The highest BCUT2D eigenvalue weighted by Gasteiger charge is 2.35. The van der Waals surface area contributed by atoms with E-state index in [9.17, 15) is 21.6 Å². The van der Waals surface area contributed by atoms with Gasteiger partial charge in [-0.15, -0.1) is 0 Å². The number of hydrogen-bond donors (Lipinski definition) is 1. The predicted octanol–water partition coefficient (Wildman–Crippen LogP) is 4.16. The Labute approximate surface area is 160 Å². The van der Waals surface area contributed by atoms with Crippen molar-refractivity contribution in [3.8, 4) is 16.9 Å². The summed E-state index contributed by atoms with van der Waals surface area (Å²) >= 11 is 0. The third-order valence-corrected chi connectivity index (χ3v) is 5.63. The van der Waals surface area contributed by atoms with Crippen LogP contribution in [0.3, 0.4) is 0 Å². The maximum absolute atomic E-state index is 13.2. The van der Waals surface area contributed by atoms with E-state index >= 15 is 0 Å². The van der Waals surface area contributed by atoms with Crippen LogP contribution in [-0.4, -0.2) is 24.7 Å². The minimum atomic E-state index is -4.60. The number of aryl methyl sites for hydroxylation is 1. The molecule has 0 fully saturated rings. The molecule has 0 saturated heterocycles. The molecule has 28 heavy (non-hydrogen) atoms. The van der Waals surface area contributed by atoms with Crippen molar-refractivity contribution in [1.29, 1.82) is 0 Å². The molecule has 0 saturated carbocycles.